The van der Waals surface area contributed by atoms with Crippen LogP contribution in [0.5, 0.6) is 0 Å². The first-order valence-electron chi connectivity index (χ1n) is 11.5. The van der Waals surface area contributed by atoms with E-state index in [2.05, 4.69) is 5.10 Å². The molecule has 0 saturated carbocycles. The summed E-state index contributed by atoms with van der Waals surface area (Å²) in [5.41, 5.74) is 3.41. The molecule has 1 saturated heterocycles. The Labute approximate surface area is 208 Å². The smallest absolute Gasteiger partial charge is 0.246 e. The van der Waals surface area contributed by atoms with Gasteiger partial charge in [-0.2, -0.15) is 5.10 Å². The van der Waals surface area contributed by atoms with Gasteiger partial charge in [-0.15, -0.1) is 0 Å². The van der Waals surface area contributed by atoms with Crippen molar-refractivity contribution in [2.45, 2.75) is 33.2 Å². The molecule has 0 bridgehead atoms. The molecule has 0 atom stereocenters. The van der Waals surface area contributed by atoms with E-state index in [9.17, 15) is 18.4 Å². The number of aromatic nitrogens is 2. The normalized spacial score (nSPS) is 14.6. The van der Waals surface area contributed by atoms with Gasteiger partial charge in [0.2, 0.25) is 5.91 Å². The van der Waals surface area contributed by atoms with Crippen LogP contribution in [0.1, 0.15) is 45.6 Å². The van der Waals surface area contributed by atoms with Gasteiger partial charge in [0.1, 0.15) is 16.8 Å². The number of aryl methyl sites for hydroxylation is 2. The summed E-state index contributed by atoms with van der Waals surface area (Å²) in [7, 11) is 0. The monoisotopic (exact) mass is 497 g/mol. The summed E-state index contributed by atoms with van der Waals surface area (Å²) in [6, 6.07) is 11.0. The summed E-state index contributed by atoms with van der Waals surface area (Å²) in [5.74, 6) is -2.45. The Morgan fingerprint density at radius 2 is 1.77 bits per heavy atom. The molecule has 8 heteroatoms. The number of hydrogen-bond acceptors (Lipinski definition) is 3. The summed E-state index contributed by atoms with van der Waals surface area (Å²) in [5, 5.41) is 4.96. The summed E-state index contributed by atoms with van der Waals surface area (Å²) < 4.78 is 29.1. The number of Topliss-reactive ketones (excluding diaryl/α,β-unsaturated/α-hetero) is 1. The summed E-state index contributed by atoms with van der Waals surface area (Å²) in [4.78, 5) is 27.0. The van der Waals surface area contributed by atoms with Gasteiger partial charge in [0.25, 0.3) is 0 Å². The molecule has 5 nitrogen and oxygen atoms in total. The number of halogens is 3. The molecule has 4 rings (SSSR count). The van der Waals surface area contributed by atoms with Crippen molar-refractivity contribution in [3.8, 4) is 0 Å². The minimum Gasteiger partial charge on any atom is -0.339 e. The van der Waals surface area contributed by atoms with Crippen LogP contribution in [0.15, 0.2) is 48.5 Å². The minimum absolute atomic E-state index is 0.199. The summed E-state index contributed by atoms with van der Waals surface area (Å²) >= 11 is 6.55. The number of ketones is 1. The third-order valence-electron chi connectivity index (χ3n) is 6.33. The van der Waals surface area contributed by atoms with Crippen LogP contribution in [0, 0.1) is 31.4 Å². The molecule has 0 aliphatic carbocycles. The number of nitrogens with zero attached hydrogens (tertiary/aromatic N) is 3. The first-order valence-corrected chi connectivity index (χ1v) is 11.9. The molecular weight excluding hydrogens is 472 g/mol. The number of hydrogen-bond donors (Lipinski definition) is 0. The number of benzene rings is 2. The third-order valence-corrected chi connectivity index (χ3v) is 6.72. The van der Waals surface area contributed by atoms with E-state index in [1.807, 2.05) is 38.1 Å². The van der Waals surface area contributed by atoms with Crippen LogP contribution in [0.3, 0.4) is 0 Å². The second-order valence-electron chi connectivity index (χ2n) is 8.85. The van der Waals surface area contributed by atoms with Gasteiger partial charge >= 0.3 is 0 Å². The SMILES string of the molecule is Cc1ccc(Cn2nc(C)c(/C=C/C(=O)N3CCC(C(=O)c4cc(F)ccc4F)CC3)c2Cl)cc1. The number of carbonyl (C=O) groups is 2. The topological polar surface area (TPSA) is 55.2 Å². The first kappa shape index (κ1) is 24.8. The molecule has 1 aromatic heterocycles. The highest BCUT2D eigenvalue weighted by Gasteiger charge is 2.29. The van der Waals surface area contributed by atoms with Crippen LogP contribution in [-0.4, -0.2) is 39.5 Å². The zero-order chi connectivity index (χ0) is 25.1. The van der Waals surface area contributed by atoms with Crippen LogP contribution < -0.4 is 0 Å². The molecule has 0 radical (unpaired) electrons. The lowest BCUT2D eigenvalue weighted by Crippen LogP contribution is -2.39. The molecule has 1 fully saturated rings. The molecule has 182 valence electrons. The molecule has 2 aromatic carbocycles. The van der Waals surface area contributed by atoms with E-state index in [4.69, 9.17) is 11.6 Å². The average Bonchev–Trinajstić information content (AvgIpc) is 3.12. The second-order valence-corrected chi connectivity index (χ2v) is 9.21. The lowest BCUT2D eigenvalue weighted by Gasteiger charge is -2.30. The van der Waals surface area contributed by atoms with Gasteiger partial charge in [0.05, 0.1) is 17.8 Å². The van der Waals surface area contributed by atoms with E-state index in [0.717, 1.165) is 23.8 Å². The fraction of sp³-hybridized carbons (Fsp3) is 0.296. The number of piperidine rings is 1. The summed E-state index contributed by atoms with van der Waals surface area (Å²) in [6.45, 7) is 5.10. The van der Waals surface area contributed by atoms with Crippen LogP contribution >= 0.6 is 11.6 Å². The van der Waals surface area contributed by atoms with E-state index in [1.54, 1.807) is 15.7 Å². The van der Waals surface area contributed by atoms with Crippen molar-refractivity contribution in [1.29, 1.82) is 0 Å². The van der Waals surface area contributed by atoms with E-state index in [-0.39, 0.29) is 11.5 Å². The Hall–Kier alpha value is -3.32. The zero-order valence-corrected chi connectivity index (χ0v) is 20.4. The molecule has 0 spiro atoms. The van der Waals surface area contributed by atoms with Gasteiger partial charge in [0, 0.05) is 30.6 Å². The molecule has 2 heterocycles. The average molecular weight is 498 g/mol. The van der Waals surface area contributed by atoms with Crippen molar-refractivity contribution >= 4 is 29.4 Å². The fourth-order valence-corrected chi connectivity index (χ4v) is 4.55. The maximum absolute atomic E-state index is 14.0. The van der Waals surface area contributed by atoms with Gasteiger partial charge < -0.3 is 4.90 Å². The van der Waals surface area contributed by atoms with Crippen LogP contribution in [0.25, 0.3) is 6.08 Å². The molecular formula is C27H26ClF2N3O2. The number of rotatable bonds is 6. The van der Waals surface area contributed by atoms with Gasteiger partial charge in [-0.3, -0.25) is 9.59 Å². The fourth-order valence-electron chi connectivity index (χ4n) is 4.26. The Morgan fingerprint density at radius 1 is 1.09 bits per heavy atom. The maximum Gasteiger partial charge on any atom is 0.246 e. The Kier molecular flexibility index (Phi) is 7.45. The molecule has 0 N–H and O–H groups in total. The Morgan fingerprint density at radius 3 is 2.46 bits per heavy atom. The Balaban J connectivity index is 1.37. The van der Waals surface area contributed by atoms with Crippen molar-refractivity contribution in [3.63, 3.8) is 0 Å². The van der Waals surface area contributed by atoms with Crippen LogP contribution in [-0.2, 0) is 11.3 Å². The first-order chi connectivity index (χ1) is 16.7. The van der Waals surface area contributed by atoms with Crippen molar-refractivity contribution in [2.24, 2.45) is 5.92 Å². The van der Waals surface area contributed by atoms with Crippen molar-refractivity contribution in [3.05, 3.63) is 93.3 Å². The van der Waals surface area contributed by atoms with E-state index < -0.39 is 23.3 Å². The predicted molar refractivity (Wildman–Crippen MR) is 131 cm³/mol. The molecule has 35 heavy (non-hydrogen) atoms. The number of carbonyl (C=O) groups excluding carboxylic acids is 2. The van der Waals surface area contributed by atoms with Gasteiger partial charge in [-0.1, -0.05) is 41.4 Å². The Bertz CT molecular complexity index is 1280. The minimum atomic E-state index is -0.729. The predicted octanol–water partition coefficient (Wildman–Crippen LogP) is 5.61. The summed E-state index contributed by atoms with van der Waals surface area (Å²) in [6.07, 6.45) is 3.91. The standard InChI is InChI=1S/C27H26ClF2N3O2/c1-17-3-5-19(6-4-17)16-33-27(28)22(18(2)31-33)8-10-25(34)32-13-11-20(12-14-32)26(35)23-15-21(29)7-9-24(23)30/h3-10,15,20H,11-14,16H2,1-2H3/b10-8+. The van der Waals surface area contributed by atoms with Crippen LogP contribution in [0.2, 0.25) is 5.15 Å². The van der Waals surface area contributed by atoms with Gasteiger partial charge in [-0.05, 0) is 56.5 Å². The highest BCUT2D eigenvalue weighted by Crippen LogP contribution is 2.25. The largest absolute Gasteiger partial charge is 0.339 e. The van der Waals surface area contributed by atoms with Crippen molar-refractivity contribution < 1.29 is 18.4 Å². The van der Waals surface area contributed by atoms with Crippen LogP contribution in [0.4, 0.5) is 8.78 Å². The molecule has 3 aromatic rings. The van der Waals surface area contributed by atoms with E-state index in [1.165, 1.54) is 11.6 Å². The quantitative estimate of drug-likeness (QED) is 0.328. The molecule has 0 unspecified atom stereocenters. The molecule has 1 amide bonds. The third kappa shape index (κ3) is 5.68. The molecule has 1 aliphatic rings. The van der Waals surface area contributed by atoms with Gasteiger partial charge in [0.15, 0.2) is 5.78 Å². The number of amides is 1. The lowest BCUT2D eigenvalue weighted by atomic mass is 9.88. The molecule has 1 aliphatic heterocycles. The highest BCUT2D eigenvalue weighted by atomic mass is 35.5. The van der Waals surface area contributed by atoms with Crippen molar-refractivity contribution in [1.82, 2.24) is 14.7 Å². The van der Waals surface area contributed by atoms with Crippen molar-refractivity contribution in [2.75, 3.05) is 13.1 Å². The lowest BCUT2D eigenvalue weighted by molar-refractivity contribution is -0.127. The second kappa shape index (κ2) is 10.5. The van der Waals surface area contributed by atoms with Gasteiger partial charge in [-0.25, -0.2) is 13.5 Å². The highest BCUT2D eigenvalue weighted by molar-refractivity contribution is 6.31. The number of likely N-dealkylation sites (tertiary alicyclic amines) is 1. The van der Waals surface area contributed by atoms with E-state index in [0.29, 0.717) is 48.9 Å². The zero-order valence-electron chi connectivity index (χ0n) is 19.6. The maximum atomic E-state index is 14.0. The van der Waals surface area contributed by atoms with E-state index >= 15 is 0 Å².